The highest BCUT2D eigenvalue weighted by molar-refractivity contribution is 5.90. The Kier molecular flexibility index (Phi) is 3.94. The molecule has 0 unspecified atom stereocenters. The summed E-state index contributed by atoms with van der Waals surface area (Å²) in [5.41, 5.74) is 0.0262. The quantitative estimate of drug-likeness (QED) is 0.911. The number of carboxylic acids is 1. The Hall–Kier alpha value is -2.04. The van der Waals surface area contributed by atoms with Gasteiger partial charge < -0.3 is 14.7 Å². The number of carbonyl (C=O) groups is 2. The van der Waals surface area contributed by atoms with Gasteiger partial charge in [0.15, 0.2) is 0 Å². The number of hydrogen-bond acceptors (Lipinski definition) is 3. The molecule has 0 spiro atoms. The molecule has 0 aromatic heterocycles. The van der Waals surface area contributed by atoms with Gasteiger partial charge in [0.2, 0.25) is 5.91 Å². The number of nitrogens with zero attached hydrogens (tertiary/aromatic N) is 1. The summed E-state index contributed by atoms with van der Waals surface area (Å²) in [5, 5.41) is 9.69. The van der Waals surface area contributed by atoms with Crippen molar-refractivity contribution < 1.29 is 19.4 Å². The minimum absolute atomic E-state index is 0.161. The molecular formula is C17H23NO4. The van der Waals surface area contributed by atoms with Gasteiger partial charge in [0.25, 0.3) is 0 Å². The molecule has 1 aliphatic rings. The number of methoxy groups -OCH3 is 1. The summed E-state index contributed by atoms with van der Waals surface area (Å²) in [6, 6.07) is 5.58. The first-order chi connectivity index (χ1) is 10.1. The van der Waals surface area contributed by atoms with Crippen LogP contribution in [-0.4, -0.2) is 34.5 Å². The summed E-state index contributed by atoms with van der Waals surface area (Å²) in [4.78, 5) is 26.1. The SMILES string of the molecule is COc1ccc2c(c1)CN(C(=O)C(C)(C)C)[C@@](C)(C(=O)O)C2. The van der Waals surface area contributed by atoms with Gasteiger partial charge in [-0.15, -0.1) is 0 Å². The first-order valence-corrected chi connectivity index (χ1v) is 7.31. The van der Waals surface area contributed by atoms with Crippen molar-refractivity contribution in [3.8, 4) is 5.75 Å². The Morgan fingerprint density at radius 2 is 1.91 bits per heavy atom. The number of rotatable bonds is 2. The third-order valence-corrected chi connectivity index (χ3v) is 4.22. The van der Waals surface area contributed by atoms with Gasteiger partial charge in [-0.25, -0.2) is 4.79 Å². The van der Waals surface area contributed by atoms with E-state index >= 15 is 0 Å². The number of fused-ring (bicyclic) bond motifs is 1. The number of benzene rings is 1. The molecule has 1 aromatic rings. The number of aliphatic carboxylic acids is 1. The molecule has 1 amide bonds. The molecule has 0 radical (unpaired) electrons. The Labute approximate surface area is 130 Å². The predicted molar refractivity (Wildman–Crippen MR) is 82.7 cm³/mol. The second kappa shape index (κ2) is 5.30. The minimum Gasteiger partial charge on any atom is -0.497 e. The molecule has 1 heterocycles. The van der Waals surface area contributed by atoms with E-state index in [1.807, 2.05) is 18.2 Å². The van der Waals surface area contributed by atoms with Crippen molar-refractivity contribution in [2.24, 2.45) is 5.41 Å². The van der Waals surface area contributed by atoms with Crippen LogP contribution in [0.2, 0.25) is 0 Å². The lowest BCUT2D eigenvalue weighted by atomic mass is 9.81. The summed E-state index contributed by atoms with van der Waals surface area (Å²) < 4.78 is 5.22. The largest absolute Gasteiger partial charge is 0.497 e. The first-order valence-electron chi connectivity index (χ1n) is 7.31. The highest BCUT2D eigenvalue weighted by Crippen LogP contribution is 2.36. The van der Waals surface area contributed by atoms with Crippen LogP contribution in [0.5, 0.6) is 5.75 Å². The molecule has 1 N–H and O–H groups in total. The molecule has 0 bridgehead atoms. The molecule has 1 aromatic carbocycles. The summed E-state index contributed by atoms with van der Waals surface area (Å²) in [6.07, 6.45) is 0.295. The fourth-order valence-electron chi connectivity index (χ4n) is 2.75. The van der Waals surface area contributed by atoms with E-state index in [4.69, 9.17) is 4.74 Å². The molecular weight excluding hydrogens is 282 g/mol. The maximum atomic E-state index is 12.7. The second-order valence-electron chi connectivity index (χ2n) is 7.03. The van der Waals surface area contributed by atoms with Crippen LogP contribution in [0.25, 0.3) is 0 Å². The van der Waals surface area contributed by atoms with Crippen LogP contribution >= 0.6 is 0 Å². The van der Waals surface area contributed by atoms with Gasteiger partial charge in [-0.1, -0.05) is 26.8 Å². The summed E-state index contributed by atoms with van der Waals surface area (Å²) in [6.45, 7) is 7.31. The number of carboxylic acid groups (broad SMARTS) is 1. The van der Waals surface area contributed by atoms with E-state index in [0.29, 0.717) is 12.2 Å². The van der Waals surface area contributed by atoms with Crippen molar-refractivity contribution in [2.75, 3.05) is 7.11 Å². The Morgan fingerprint density at radius 1 is 1.27 bits per heavy atom. The van der Waals surface area contributed by atoms with Gasteiger partial charge in [0.1, 0.15) is 11.3 Å². The zero-order chi connectivity index (χ0) is 16.7. The van der Waals surface area contributed by atoms with Gasteiger partial charge in [-0.3, -0.25) is 4.79 Å². The number of hydrogen-bond donors (Lipinski definition) is 1. The van der Waals surface area contributed by atoms with E-state index in [-0.39, 0.29) is 12.5 Å². The zero-order valence-electron chi connectivity index (χ0n) is 13.8. The summed E-state index contributed by atoms with van der Waals surface area (Å²) in [7, 11) is 1.59. The van der Waals surface area contributed by atoms with E-state index < -0.39 is 16.9 Å². The van der Waals surface area contributed by atoms with Gasteiger partial charge in [-0.2, -0.15) is 0 Å². The molecule has 1 atom stereocenters. The van der Waals surface area contributed by atoms with Crippen molar-refractivity contribution in [2.45, 2.75) is 46.2 Å². The molecule has 5 heteroatoms. The lowest BCUT2D eigenvalue weighted by molar-refractivity contribution is -0.163. The highest BCUT2D eigenvalue weighted by Gasteiger charge is 2.48. The number of ether oxygens (including phenoxy) is 1. The van der Waals surface area contributed by atoms with Crippen LogP contribution in [0, 0.1) is 5.41 Å². The average molecular weight is 305 g/mol. The minimum atomic E-state index is -1.23. The van der Waals surface area contributed by atoms with Crippen molar-refractivity contribution in [1.29, 1.82) is 0 Å². The average Bonchev–Trinajstić information content (AvgIpc) is 2.44. The first kappa shape index (κ1) is 16.3. The normalized spacial score (nSPS) is 21.2. The maximum absolute atomic E-state index is 12.7. The molecule has 0 aliphatic carbocycles. The van der Waals surface area contributed by atoms with E-state index in [9.17, 15) is 14.7 Å². The van der Waals surface area contributed by atoms with Crippen molar-refractivity contribution in [3.05, 3.63) is 29.3 Å². The van der Waals surface area contributed by atoms with Crippen LogP contribution in [0.3, 0.4) is 0 Å². The second-order valence-corrected chi connectivity index (χ2v) is 7.03. The van der Waals surface area contributed by atoms with Crippen LogP contribution < -0.4 is 4.74 Å². The molecule has 1 aliphatic heterocycles. The van der Waals surface area contributed by atoms with E-state index in [1.165, 1.54) is 4.90 Å². The monoisotopic (exact) mass is 305 g/mol. The topological polar surface area (TPSA) is 66.8 Å². The molecule has 0 saturated carbocycles. The highest BCUT2D eigenvalue weighted by atomic mass is 16.5. The lowest BCUT2D eigenvalue weighted by Crippen LogP contribution is -2.60. The Morgan fingerprint density at radius 3 is 2.41 bits per heavy atom. The molecule has 0 saturated heterocycles. The Bertz CT molecular complexity index is 618. The van der Waals surface area contributed by atoms with Gasteiger partial charge >= 0.3 is 5.97 Å². The lowest BCUT2D eigenvalue weighted by Gasteiger charge is -2.45. The third kappa shape index (κ3) is 2.67. The van der Waals surface area contributed by atoms with Crippen LogP contribution in [0.4, 0.5) is 0 Å². The standard InChI is InChI=1S/C17H23NO4/c1-16(2,3)14(19)18-10-12-8-13(22-5)7-6-11(12)9-17(18,4)15(20)21/h6-8H,9-10H2,1-5H3,(H,20,21)/t17-/m1/s1. The van der Waals surface area contributed by atoms with E-state index in [1.54, 1.807) is 34.8 Å². The number of amides is 1. The Balaban J connectivity index is 2.51. The zero-order valence-corrected chi connectivity index (χ0v) is 13.8. The van der Waals surface area contributed by atoms with Crippen LogP contribution in [0.1, 0.15) is 38.8 Å². The fraction of sp³-hybridized carbons (Fsp3) is 0.529. The van der Waals surface area contributed by atoms with Gasteiger partial charge in [0, 0.05) is 18.4 Å². The van der Waals surface area contributed by atoms with Crippen LogP contribution in [0.15, 0.2) is 18.2 Å². The number of carbonyl (C=O) groups excluding carboxylic acids is 1. The van der Waals surface area contributed by atoms with Gasteiger partial charge in [-0.05, 0) is 30.2 Å². The van der Waals surface area contributed by atoms with Gasteiger partial charge in [0.05, 0.1) is 7.11 Å². The third-order valence-electron chi connectivity index (χ3n) is 4.22. The van der Waals surface area contributed by atoms with E-state index in [2.05, 4.69) is 0 Å². The van der Waals surface area contributed by atoms with Crippen LogP contribution in [-0.2, 0) is 22.6 Å². The molecule has 2 rings (SSSR count). The van der Waals surface area contributed by atoms with E-state index in [0.717, 1.165) is 11.1 Å². The maximum Gasteiger partial charge on any atom is 0.329 e. The molecule has 0 fully saturated rings. The smallest absolute Gasteiger partial charge is 0.329 e. The molecule has 22 heavy (non-hydrogen) atoms. The molecule has 120 valence electrons. The summed E-state index contributed by atoms with van der Waals surface area (Å²) in [5.74, 6) is -0.432. The molecule has 5 nitrogen and oxygen atoms in total. The van der Waals surface area contributed by atoms with Crippen molar-refractivity contribution in [3.63, 3.8) is 0 Å². The predicted octanol–water partition coefficient (Wildman–Crippen LogP) is 2.47. The fourth-order valence-corrected chi connectivity index (χ4v) is 2.75. The summed E-state index contributed by atoms with van der Waals surface area (Å²) >= 11 is 0. The van der Waals surface area contributed by atoms with Crippen molar-refractivity contribution in [1.82, 2.24) is 4.90 Å². The van der Waals surface area contributed by atoms with Crippen molar-refractivity contribution >= 4 is 11.9 Å².